The van der Waals surface area contributed by atoms with E-state index in [9.17, 15) is 18.0 Å². The number of amides is 1. The molecule has 118 valence electrons. The van der Waals surface area contributed by atoms with Crippen molar-refractivity contribution in [3.63, 3.8) is 0 Å². The Hall–Kier alpha value is -1.60. The Kier molecular flexibility index (Phi) is 6.64. The van der Waals surface area contributed by atoms with Gasteiger partial charge < -0.3 is 11.1 Å². The number of anilines is 1. The van der Waals surface area contributed by atoms with Crippen molar-refractivity contribution in [1.29, 1.82) is 0 Å². The highest BCUT2D eigenvalue weighted by molar-refractivity contribution is 5.90. The molecule has 0 atom stereocenters. The van der Waals surface area contributed by atoms with Crippen LogP contribution in [0.1, 0.15) is 18.4 Å². The second kappa shape index (κ2) is 7.99. The molecule has 0 aliphatic heterocycles. The van der Waals surface area contributed by atoms with Crippen molar-refractivity contribution in [2.75, 3.05) is 25.5 Å². The van der Waals surface area contributed by atoms with Gasteiger partial charge in [0.25, 0.3) is 0 Å². The summed E-state index contributed by atoms with van der Waals surface area (Å²) in [5.41, 5.74) is 7.08. The number of nitrogens with one attached hydrogen (secondary N) is 1. The van der Waals surface area contributed by atoms with Crippen molar-refractivity contribution >= 4 is 11.6 Å². The van der Waals surface area contributed by atoms with Gasteiger partial charge in [0.1, 0.15) is 0 Å². The zero-order chi connectivity index (χ0) is 15.9. The van der Waals surface area contributed by atoms with Crippen molar-refractivity contribution in [3.8, 4) is 0 Å². The molecule has 4 nitrogen and oxygen atoms in total. The lowest BCUT2D eigenvalue weighted by Gasteiger charge is -2.18. The Morgan fingerprint density at radius 3 is 2.43 bits per heavy atom. The van der Waals surface area contributed by atoms with Gasteiger partial charge in [-0.15, -0.1) is 0 Å². The van der Waals surface area contributed by atoms with E-state index in [0.717, 1.165) is 10.5 Å². The van der Waals surface area contributed by atoms with Crippen molar-refractivity contribution < 1.29 is 18.0 Å². The Morgan fingerprint density at radius 2 is 1.90 bits per heavy atom. The number of hydrogen-bond acceptors (Lipinski definition) is 3. The van der Waals surface area contributed by atoms with Gasteiger partial charge in [0.2, 0.25) is 5.91 Å². The first-order valence-corrected chi connectivity index (χ1v) is 6.64. The van der Waals surface area contributed by atoms with E-state index in [1.807, 2.05) is 12.1 Å². The maximum absolute atomic E-state index is 12.1. The fraction of sp³-hybridized carbons (Fsp3) is 0.500. The fourth-order valence-corrected chi connectivity index (χ4v) is 1.84. The average molecular weight is 303 g/mol. The van der Waals surface area contributed by atoms with E-state index in [0.29, 0.717) is 18.7 Å². The summed E-state index contributed by atoms with van der Waals surface area (Å²) in [5, 5.41) is 2.69. The first-order chi connectivity index (χ1) is 9.80. The number of carbonyl (C=O) groups is 1. The van der Waals surface area contributed by atoms with Crippen LogP contribution >= 0.6 is 0 Å². The average Bonchev–Trinajstić information content (AvgIpc) is 2.37. The van der Waals surface area contributed by atoms with Crippen LogP contribution in [-0.4, -0.2) is 37.1 Å². The van der Waals surface area contributed by atoms with Gasteiger partial charge in [-0.3, -0.25) is 9.69 Å². The summed E-state index contributed by atoms with van der Waals surface area (Å²) in [7, 11) is 1.39. The maximum Gasteiger partial charge on any atom is 0.401 e. The molecule has 0 bridgehead atoms. The van der Waals surface area contributed by atoms with E-state index >= 15 is 0 Å². The lowest BCUT2D eigenvalue weighted by Crippen LogP contribution is -2.32. The van der Waals surface area contributed by atoms with Crippen LogP contribution in [0.3, 0.4) is 0 Å². The van der Waals surface area contributed by atoms with Crippen molar-refractivity contribution in [2.45, 2.75) is 25.6 Å². The molecule has 7 heteroatoms. The smallest absolute Gasteiger partial charge is 0.326 e. The van der Waals surface area contributed by atoms with E-state index < -0.39 is 12.7 Å². The molecular formula is C14H20F3N3O. The van der Waals surface area contributed by atoms with E-state index in [1.165, 1.54) is 7.05 Å². The molecule has 1 aromatic carbocycles. The third-order valence-corrected chi connectivity index (χ3v) is 2.87. The van der Waals surface area contributed by atoms with Gasteiger partial charge in [-0.25, -0.2) is 0 Å². The largest absolute Gasteiger partial charge is 0.401 e. The summed E-state index contributed by atoms with van der Waals surface area (Å²) in [6.45, 7) is -0.312. The summed E-state index contributed by atoms with van der Waals surface area (Å²) in [6.07, 6.45) is -3.65. The second-order valence-corrected chi connectivity index (χ2v) is 4.91. The van der Waals surface area contributed by atoms with Crippen molar-refractivity contribution in [3.05, 3.63) is 29.8 Å². The molecule has 1 aromatic rings. The summed E-state index contributed by atoms with van der Waals surface area (Å²) >= 11 is 0. The lowest BCUT2D eigenvalue weighted by atomic mass is 10.2. The molecule has 0 aromatic heterocycles. The second-order valence-electron chi connectivity index (χ2n) is 4.91. The third-order valence-electron chi connectivity index (χ3n) is 2.87. The summed E-state index contributed by atoms with van der Waals surface area (Å²) in [4.78, 5) is 12.8. The van der Waals surface area contributed by atoms with Crippen LogP contribution in [0.2, 0.25) is 0 Å². The number of hydrogen-bond donors (Lipinski definition) is 2. The SMILES string of the molecule is CN(CCCC(=O)Nc1ccc(CN)cc1)CC(F)(F)F. The van der Waals surface area contributed by atoms with Gasteiger partial charge in [-0.2, -0.15) is 13.2 Å². The van der Waals surface area contributed by atoms with E-state index in [-0.39, 0.29) is 18.9 Å². The van der Waals surface area contributed by atoms with Crippen molar-refractivity contribution in [1.82, 2.24) is 4.90 Å². The molecular weight excluding hydrogens is 283 g/mol. The summed E-state index contributed by atoms with van der Waals surface area (Å²) in [6, 6.07) is 7.12. The van der Waals surface area contributed by atoms with Gasteiger partial charge in [-0.05, 0) is 37.7 Å². The predicted molar refractivity (Wildman–Crippen MR) is 75.7 cm³/mol. The van der Waals surface area contributed by atoms with Gasteiger partial charge in [-0.1, -0.05) is 12.1 Å². The zero-order valence-corrected chi connectivity index (χ0v) is 11.9. The number of nitrogens with two attached hydrogens (primary N) is 1. The topological polar surface area (TPSA) is 58.4 Å². The van der Waals surface area contributed by atoms with Gasteiger partial charge in [0.05, 0.1) is 6.54 Å². The van der Waals surface area contributed by atoms with Gasteiger partial charge >= 0.3 is 6.18 Å². The number of rotatable bonds is 7. The monoisotopic (exact) mass is 303 g/mol. The number of nitrogens with zero attached hydrogens (tertiary/aromatic N) is 1. The molecule has 3 N–H and O–H groups in total. The number of carbonyl (C=O) groups excluding carboxylic acids is 1. The molecule has 0 fully saturated rings. The molecule has 0 saturated carbocycles. The number of alkyl halides is 3. The first-order valence-electron chi connectivity index (χ1n) is 6.64. The normalized spacial score (nSPS) is 11.7. The summed E-state index contributed by atoms with van der Waals surface area (Å²) in [5.74, 6) is -0.212. The molecule has 1 amide bonds. The third kappa shape index (κ3) is 7.67. The molecule has 0 spiro atoms. The Labute approximate surface area is 122 Å². The van der Waals surface area contributed by atoms with Crippen LogP contribution in [0.15, 0.2) is 24.3 Å². The maximum atomic E-state index is 12.1. The quantitative estimate of drug-likeness (QED) is 0.813. The van der Waals surface area contributed by atoms with Gasteiger partial charge in [0.15, 0.2) is 0 Å². The molecule has 0 aliphatic rings. The molecule has 21 heavy (non-hydrogen) atoms. The number of benzene rings is 1. The van der Waals surface area contributed by atoms with Crippen LogP contribution in [0, 0.1) is 0 Å². The van der Waals surface area contributed by atoms with Crippen LogP contribution in [-0.2, 0) is 11.3 Å². The standard InChI is InChI=1S/C14H20F3N3O/c1-20(10-14(15,16)17)8-2-3-13(21)19-12-6-4-11(9-18)5-7-12/h4-7H,2-3,8-10,18H2,1H3,(H,19,21). The van der Waals surface area contributed by atoms with Crippen LogP contribution in [0.25, 0.3) is 0 Å². The highest BCUT2D eigenvalue weighted by Crippen LogP contribution is 2.15. The minimum atomic E-state index is -4.21. The predicted octanol–water partition coefficient (Wildman–Crippen LogP) is 2.36. The molecule has 0 unspecified atom stereocenters. The van der Waals surface area contributed by atoms with Crippen LogP contribution < -0.4 is 11.1 Å². The highest BCUT2D eigenvalue weighted by Gasteiger charge is 2.28. The minimum absolute atomic E-state index is 0.181. The molecule has 0 aliphatic carbocycles. The molecule has 1 rings (SSSR count). The Balaban J connectivity index is 2.27. The van der Waals surface area contributed by atoms with Crippen LogP contribution in [0.5, 0.6) is 0 Å². The fourth-order valence-electron chi connectivity index (χ4n) is 1.84. The lowest BCUT2D eigenvalue weighted by molar-refractivity contribution is -0.143. The highest BCUT2D eigenvalue weighted by atomic mass is 19.4. The summed E-state index contributed by atoms with van der Waals surface area (Å²) < 4.78 is 36.3. The Bertz CT molecular complexity index is 446. The molecule has 0 radical (unpaired) electrons. The minimum Gasteiger partial charge on any atom is -0.326 e. The Morgan fingerprint density at radius 1 is 1.29 bits per heavy atom. The van der Waals surface area contributed by atoms with E-state index in [4.69, 9.17) is 5.73 Å². The van der Waals surface area contributed by atoms with E-state index in [1.54, 1.807) is 12.1 Å². The van der Waals surface area contributed by atoms with Gasteiger partial charge in [0, 0.05) is 18.7 Å². The van der Waals surface area contributed by atoms with Crippen molar-refractivity contribution in [2.24, 2.45) is 5.73 Å². The van der Waals surface area contributed by atoms with Crippen LogP contribution in [0.4, 0.5) is 18.9 Å². The zero-order valence-electron chi connectivity index (χ0n) is 11.9. The molecule has 0 heterocycles. The first kappa shape index (κ1) is 17.5. The van der Waals surface area contributed by atoms with E-state index in [2.05, 4.69) is 5.32 Å². The molecule has 0 saturated heterocycles. The number of halogens is 3.